The van der Waals surface area contributed by atoms with Gasteiger partial charge in [-0.25, -0.2) is 9.59 Å². The number of alkyl carbamates (subject to hydrolysis) is 1. The molecule has 0 spiro atoms. The summed E-state index contributed by atoms with van der Waals surface area (Å²) in [6.07, 6.45) is -2.07. The molecule has 0 bridgehead atoms. The van der Waals surface area contributed by atoms with Crippen LogP contribution in [0.25, 0.3) is 0 Å². The lowest BCUT2D eigenvalue weighted by Gasteiger charge is -2.20. The third-order valence-corrected chi connectivity index (χ3v) is 2.99. The quantitative estimate of drug-likeness (QED) is 0.570. The Kier molecular flexibility index (Phi) is 7.01. The van der Waals surface area contributed by atoms with Gasteiger partial charge in [-0.05, 0) is 19.4 Å². The number of carbonyl (C=O) groups excluding carboxylic acids is 2. The smallest absolute Gasteiger partial charge is 0.408 e. The van der Waals surface area contributed by atoms with Crippen molar-refractivity contribution in [1.29, 1.82) is 0 Å². The monoisotopic (exact) mass is 324 g/mol. The third-order valence-electron chi connectivity index (χ3n) is 2.99. The van der Waals surface area contributed by atoms with E-state index in [0.29, 0.717) is 0 Å². The summed E-state index contributed by atoms with van der Waals surface area (Å²) >= 11 is 0. The van der Waals surface area contributed by atoms with Crippen LogP contribution in [-0.2, 0) is 20.9 Å². The molecule has 0 unspecified atom stereocenters. The highest BCUT2D eigenvalue weighted by atomic mass is 16.5. The van der Waals surface area contributed by atoms with Crippen LogP contribution < -0.4 is 10.6 Å². The number of rotatable bonds is 7. The number of carbonyl (C=O) groups is 3. The summed E-state index contributed by atoms with van der Waals surface area (Å²) in [6, 6.07) is 6.53. The highest BCUT2D eigenvalue weighted by Gasteiger charge is 2.27. The van der Waals surface area contributed by atoms with Gasteiger partial charge in [0.2, 0.25) is 5.91 Å². The topological polar surface area (TPSA) is 125 Å². The van der Waals surface area contributed by atoms with E-state index in [4.69, 9.17) is 9.84 Å². The number of carboxylic acid groups (broad SMARTS) is 1. The summed E-state index contributed by atoms with van der Waals surface area (Å²) in [5, 5.41) is 22.6. The Balaban J connectivity index is 2.44. The van der Waals surface area contributed by atoms with Crippen molar-refractivity contribution >= 4 is 18.0 Å². The highest BCUT2D eigenvalue weighted by Crippen LogP contribution is 2.01. The number of hydrogen-bond donors (Lipinski definition) is 4. The molecule has 0 aliphatic rings. The van der Waals surface area contributed by atoms with Crippen LogP contribution in [0.15, 0.2) is 30.3 Å². The van der Waals surface area contributed by atoms with Gasteiger partial charge in [0.1, 0.15) is 12.6 Å². The predicted octanol–water partition coefficient (Wildman–Crippen LogP) is 0.251. The van der Waals surface area contributed by atoms with Gasteiger partial charge in [-0.1, -0.05) is 30.3 Å². The molecule has 8 nitrogen and oxygen atoms in total. The van der Waals surface area contributed by atoms with E-state index in [-0.39, 0.29) is 6.61 Å². The van der Waals surface area contributed by atoms with Crippen LogP contribution in [-0.4, -0.2) is 46.4 Å². The lowest BCUT2D eigenvalue weighted by Crippen LogP contribution is -2.53. The second-order valence-electron chi connectivity index (χ2n) is 4.99. The van der Waals surface area contributed by atoms with Gasteiger partial charge in [0.15, 0.2) is 6.04 Å². The van der Waals surface area contributed by atoms with Gasteiger partial charge < -0.3 is 25.6 Å². The van der Waals surface area contributed by atoms with E-state index in [1.54, 1.807) is 24.3 Å². The van der Waals surface area contributed by atoms with E-state index in [1.165, 1.54) is 13.8 Å². The Morgan fingerprint density at radius 3 is 2.26 bits per heavy atom. The van der Waals surface area contributed by atoms with Gasteiger partial charge in [0, 0.05) is 0 Å². The summed E-state index contributed by atoms with van der Waals surface area (Å²) in [5.41, 5.74) is 0.791. The van der Waals surface area contributed by atoms with Gasteiger partial charge in [0.05, 0.1) is 6.10 Å². The van der Waals surface area contributed by atoms with Crippen LogP contribution in [0.2, 0.25) is 0 Å². The van der Waals surface area contributed by atoms with Crippen molar-refractivity contribution in [2.75, 3.05) is 0 Å². The molecular weight excluding hydrogens is 304 g/mol. The summed E-state index contributed by atoms with van der Waals surface area (Å²) in [5.74, 6) is -2.11. The van der Waals surface area contributed by atoms with Crippen molar-refractivity contribution < 1.29 is 29.3 Å². The van der Waals surface area contributed by atoms with Crippen molar-refractivity contribution in [3.8, 4) is 0 Å². The number of aliphatic hydroxyl groups is 1. The fourth-order valence-electron chi connectivity index (χ4n) is 1.67. The minimum atomic E-state index is -1.45. The Morgan fingerprint density at radius 1 is 1.13 bits per heavy atom. The molecule has 0 aliphatic heterocycles. The van der Waals surface area contributed by atoms with E-state index in [0.717, 1.165) is 5.56 Å². The van der Waals surface area contributed by atoms with Crippen LogP contribution in [0.3, 0.4) is 0 Å². The van der Waals surface area contributed by atoms with Gasteiger partial charge in [0.25, 0.3) is 0 Å². The zero-order valence-corrected chi connectivity index (χ0v) is 12.9. The molecule has 2 amide bonds. The molecule has 0 fully saturated rings. The van der Waals surface area contributed by atoms with Crippen LogP contribution in [0.4, 0.5) is 4.79 Å². The van der Waals surface area contributed by atoms with Crippen LogP contribution in [0.1, 0.15) is 19.4 Å². The normalized spacial score (nSPS) is 14.2. The fraction of sp³-hybridized carbons (Fsp3) is 0.400. The molecule has 0 heterocycles. The minimum Gasteiger partial charge on any atom is -0.480 e. The fourth-order valence-corrected chi connectivity index (χ4v) is 1.67. The van der Waals surface area contributed by atoms with E-state index >= 15 is 0 Å². The number of nitrogens with one attached hydrogen (secondary N) is 2. The molecule has 1 rings (SSSR count). The minimum absolute atomic E-state index is 0.0481. The summed E-state index contributed by atoms with van der Waals surface area (Å²) in [7, 11) is 0. The number of ether oxygens (including phenoxy) is 1. The number of amides is 2. The molecule has 4 N–H and O–H groups in total. The van der Waals surface area contributed by atoms with Gasteiger partial charge in [-0.2, -0.15) is 0 Å². The maximum atomic E-state index is 11.8. The summed E-state index contributed by atoms with van der Waals surface area (Å²) < 4.78 is 4.95. The molecule has 0 saturated carbocycles. The first-order valence-electron chi connectivity index (χ1n) is 6.99. The molecule has 23 heavy (non-hydrogen) atoms. The van der Waals surface area contributed by atoms with E-state index < -0.39 is 36.2 Å². The van der Waals surface area contributed by atoms with Crippen LogP contribution in [0, 0.1) is 0 Å². The summed E-state index contributed by atoms with van der Waals surface area (Å²) in [6.45, 7) is 2.66. The van der Waals surface area contributed by atoms with Gasteiger partial charge in [-0.3, -0.25) is 4.79 Å². The molecule has 0 saturated heterocycles. The summed E-state index contributed by atoms with van der Waals surface area (Å²) in [4.78, 5) is 34.3. The third kappa shape index (κ3) is 6.35. The molecule has 126 valence electrons. The first-order valence-corrected chi connectivity index (χ1v) is 6.99. The van der Waals surface area contributed by atoms with Crippen LogP contribution in [0.5, 0.6) is 0 Å². The second-order valence-corrected chi connectivity index (χ2v) is 4.99. The molecule has 1 aromatic carbocycles. The number of hydrogen-bond acceptors (Lipinski definition) is 5. The number of aliphatic carboxylic acids is 1. The van der Waals surface area contributed by atoms with E-state index in [1.807, 2.05) is 6.07 Å². The number of aliphatic hydroxyl groups excluding tert-OH is 1. The standard InChI is InChI=1S/C15H20N2O6/c1-9(13(19)17-12(10(2)18)14(20)21)16-15(22)23-8-11-6-4-3-5-7-11/h3-7,9-10,12,18H,8H2,1-2H3,(H,16,22)(H,17,19)(H,20,21)/t9-,10-,12+/m1/s1. The maximum absolute atomic E-state index is 11.8. The maximum Gasteiger partial charge on any atom is 0.408 e. The Labute approximate surface area is 133 Å². The molecule has 0 aliphatic carbocycles. The lowest BCUT2D eigenvalue weighted by atomic mass is 10.1. The predicted molar refractivity (Wildman–Crippen MR) is 80.5 cm³/mol. The van der Waals surface area contributed by atoms with Gasteiger partial charge >= 0.3 is 12.1 Å². The molecule has 3 atom stereocenters. The SMILES string of the molecule is C[C@@H](NC(=O)OCc1ccccc1)C(=O)N[C@H](C(=O)O)[C@@H](C)O. The Hall–Kier alpha value is -2.61. The lowest BCUT2D eigenvalue weighted by molar-refractivity contribution is -0.145. The highest BCUT2D eigenvalue weighted by molar-refractivity contribution is 5.89. The van der Waals surface area contributed by atoms with Crippen molar-refractivity contribution in [3.63, 3.8) is 0 Å². The second kappa shape index (κ2) is 8.74. The molecule has 0 aromatic heterocycles. The van der Waals surface area contributed by atoms with Crippen LogP contribution >= 0.6 is 0 Å². The van der Waals surface area contributed by atoms with Crippen molar-refractivity contribution in [1.82, 2.24) is 10.6 Å². The first-order chi connectivity index (χ1) is 10.8. The first kappa shape index (κ1) is 18.4. The average molecular weight is 324 g/mol. The zero-order valence-electron chi connectivity index (χ0n) is 12.9. The molecule has 0 radical (unpaired) electrons. The van der Waals surface area contributed by atoms with Crippen molar-refractivity contribution in [3.05, 3.63) is 35.9 Å². The van der Waals surface area contributed by atoms with E-state index in [2.05, 4.69) is 10.6 Å². The van der Waals surface area contributed by atoms with Crippen molar-refractivity contribution in [2.45, 2.75) is 38.6 Å². The molecule has 1 aromatic rings. The van der Waals surface area contributed by atoms with Crippen molar-refractivity contribution in [2.24, 2.45) is 0 Å². The average Bonchev–Trinajstić information content (AvgIpc) is 2.50. The Bertz CT molecular complexity index is 546. The number of benzene rings is 1. The van der Waals surface area contributed by atoms with Gasteiger partial charge in [-0.15, -0.1) is 0 Å². The zero-order chi connectivity index (χ0) is 17.4. The van der Waals surface area contributed by atoms with E-state index in [9.17, 15) is 19.5 Å². The molecular formula is C15H20N2O6. The largest absolute Gasteiger partial charge is 0.480 e. The molecule has 8 heteroatoms. The Morgan fingerprint density at radius 2 is 1.74 bits per heavy atom. The number of carboxylic acids is 1.